The number of carbonyl (C=O) groups excluding carboxylic acids is 1. The molecule has 1 amide bonds. The van der Waals surface area contributed by atoms with Crippen molar-refractivity contribution in [3.8, 4) is 0 Å². The molecule has 0 spiro atoms. The average Bonchev–Trinajstić information content (AvgIpc) is 2.34. The fraction of sp³-hybridized carbons (Fsp3) is 0.857. The third kappa shape index (κ3) is 7.86. The van der Waals surface area contributed by atoms with Crippen LogP contribution in [0.4, 0.5) is 4.79 Å². The van der Waals surface area contributed by atoms with E-state index < -0.39 is 11.7 Å². The van der Waals surface area contributed by atoms with Gasteiger partial charge in [-0.25, -0.2) is 4.79 Å². The molecule has 6 nitrogen and oxygen atoms in total. The lowest BCUT2D eigenvalue weighted by Gasteiger charge is -2.23. The Kier molecular flexibility index (Phi) is 6.61. The maximum atomic E-state index is 11.4. The lowest BCUT2D eigenvalue weighted by atomic mass is 9.96. The predicted molar refractivity (Wildman–Crippen MR) is 80.7 cm³/mol. The number of nitrogens with two attached hydrogens (primary N) is 1. The van der Waals surface area contributed by atoms with Gasteiger partial charge in [-0.05, 0) is 33.6 Å². The number of rotatable bonds is 4. The number of hydrogen-bond acceptors (Lipinski definition) is 3. The molecule has 0 unspecified atom stereocenters. The fourth-order valence-electron chi connectivity index (χ4n) is 2.15. The molecule has 20 heavy (non-hydrogen) atoms. The summed E-state index contributed by atoms with van der Waals surface area (Å²) in [5.41, 5.74) is 5.34. The Labute approximate surface area is 121 Å². The summed E-state index contributed by atoms with van der Waals surface area (Å²) in [7, 11) is 0. The van der Waals surface area contributed by atoms with Gasteiger partial charge < -0.3 is 21.1 Å². The highest BCUT2D eigenvalue weighted by molar-refractivity contribution is 5.78. The Morgan fingerprint density at radius 1 is 1.30 bits per heavy atom. The first kappa shape index (κ1) is 16.6. The Bertz CT molecular complexity index is 331. The van der Waals surface area contributed by atoms with E-state index >= 15 is 0 Å². The first-order valence-electron chi connectivity index (χ1n) is 7.40. The van der Waals surface area contributed by atoms with Crippen LogP contribution in [0.15, 0.2) is 4.99 Å². The van der Waals surface area contributed by atoms with Crippen LogP contribution in [0.5, 0.6) is 0 Å². The molecule has 0 radical (unpaired) electrons. The topological polar surface area (TPSA) is 88.7 Å². The van der Waals surface area contributed by atoms with E-state index in [-0.39, 0.29) is 0 Å². The summed E-state index contributed by atoms with van der Waals surface area (Å²) in [6.07, 6.45) is 5.72. The molecule has 4 N–H and O–H groups in total. The zero-order valence-electron chi connectivity index (χ0n) is 12.9. The van der Waals surface area contributed by atoms with Crippen molar-refractivity contribution in [1.82, 2.24) is 10.6 Å². The van der Waals surface area contributed by atoms with E-state index in [0.717, 1.165) is 12.8 Å². The van der Waals surface area contributed by atoms with Crippen molar-refractivity contribution in [3.63, 3.8) is 0 Å². The van der Waals surface area contributed by atoms with E-state index in [4.69, 9.17) is 10.5 Å². The third-order valence-corrected chi connectivity index (χ3v) is 3.02. The highest BCUT2D eigenvalue weighted by Crippen LogP contribution is 2.16. The number of alkyl carbamates (subject to hydrolysis) is 1. The van der Waals surface area contributed by atoms with Crippen LogP contribution in [-0.2, 0) is 4.74 Å². The molecule has 1 aliphatic rings. The monoisotopic (exact) mass is 284 g/mol. The summed E-state index contributed by atoms with van der Waals surface area (Å²) in [6.45, 7) is 6.36. The van der Waals surface area contributed by atoms with E-state index in [2.05, 4.69) is 15.6 Å². The summed E-state index contributed by atoms with van der Waals surface area (Å²) in [5, 5.41) is 5.88. The van der Waals surface area contributed by atoms with Crippen molar-refractivity contribution in [3.05, 3.63) is 0 Å². The molecule has 0 saturated heterocycles. The molecule has 0 aromatic heterocycles. The average molecular weight is 284 g/mol. The van der Waals surface area contributed by atoms with E-state index in [0.29, 0.717) is 25.1 Å². The predicted octanol–water partition coefficient (Wildman–Crippen LogP) is 1.75. The Balaban J connectivity index is 2.15. The first-order valence-corrected chi connectivity index (χ1v) is 7.40. The van der Waals surface area contributed by atoms with E-state index in [1.54, 1.807) is 0 Å². The molecular weight excluding hydrogens is 256 g/mol. The van der Waals surface area contributed by atoms with Crippen molar-refractivity contribution >= 4 is 12.1 Å². The minimum absolute atomic E-state index is 0.419. The van der Waals surface area contributed by atoms with Crippen LogP contribution in [0.3, 0.4) is 0 Å². The number of nitrogens with one attached hydrogen (secondary N) is 2. The van der Waals surface area contributed by atoms with E-state index in [1.165, 1.54) is 19.3 Å². The smallest absolute Gasteiger partial charge is 0.407 e. The maximum absolute atomic E-state index is 11.4. The SMILES string of the molecule is CC(C)(C)OC(=O)NCCN=C(N)NC1CCCCC1. The summed E-state index contributed by atoms with van der Waals surface area (Å²) < 4.78 is 5.12. The summed E-state index contributed by atoms with van der Waals surface area (Å²) in [4.78, 5) is 15.6. The van der Waals surface area contributed by atoms with Crippen LogP contribution in [0.1, 0.15) is 52.9 Å². The summed E-state index contributed by atoms with van der Waals surface area (Å²) in [6, 6.07) is 0.450. The number of amides is 1. The molecule has 0 bridgehead atoms. The lowest BCUT2D eigenvalue weighted by Crippen LogP contribution is -2.41. The molecule has 116 valence electrons. The van der Waals surface area contributed by atoms with Gasteiger partial charge in [0, 0.05) is 12.6 Å². The number of guanidine groups is 1. The summed E-state index contributed by atoms with van der Waals surface area (Å²) >= 11 is 0. The van der Waals surface area contributed by atoms with Gasteiger partial charge in [-0.3, -0.25) is 4.99 Å². The van der Waals surface area contributed by atoms with Crippen molar-refractivity contribution in [1.29, 1.82) is 0 Å². The second kappa shape index (κ2) is 7.97. The first-order chi connectivity index (χ1) is 9.37. The highest BCUT2D eigenvalue weighted by atomic mass is 16.6. The second-order valence-electron chi connectivity index (χ2n) is 6.17. The standard InChI is InChI=1S/C14H28N4O2/c1-14(2,3)20-13(19)17-10-9-16-12(15)18-11-7-5-4-6-8-11/h11H,4-10H2,1-3H3,(H,17,19)(H3,15,16,18). The van der Waals surface area contributed by atoms with Gasteiger partial charge in [0.05, 0.1) is 6.54 Å². The van der Waals surface area contributed by atoms with Crippen molar-refractivity contribution in [2.75, 3.05) is 13.1 Å². The summed E-state index contributed by atoms with van der Waals surface area (Å²) in [5.74, 6) is 0.461. The number of ether oxygens (including phenoxy) is 1. The Morgan fingerprint density at radius 2 is 1.95 bits per heavy atom. The van der Waals surface area contributed by atoms with Gasteiger partial charge >= 0.3 is 6.09 Å². The lowest BCUT2D eigenvalue weighted by molar-refractivity contribution is 0.0529. The van der Waals surface area contributed by atoms with Crippen molar-refractivity contribution < 1.29 is 9.53 Å². The van der Waals surface area contributed by atoms with Crippen LogP contribution >= 0.6 is 0 Å². The van der Waals surface area contributed by atoms with Gasteiger partial charge in [-0.15, -0.1) is 0 Å². The fourth-order valence-corrected chi connectivity index (χ4v) is 2.15. The minimum Gasteiger partial charge on any atom is -0.444 e. The quantitative estimate of drug-likeness (QED) is 0.417. The third-order valence-electron chi connectivity index (χ3n) is 3.02. The molecule has 1 aliphatic carbocycles. The van der Waals surface area contributed by atoms with Gasteiger partial charge in [0.1, 0.15) is 5.60 Å². The largest absolute Gasteiger partial charge is 0.444 e. The van der Waals surface area contributed by atoms with Gasteiger partial charge in [0.2, 0.25) is 0 Å². The number of carbonyl (C=O) groups is 1. The normalized spacial score (nSPS) is 17.6. The number of nitrogens with zero attached hydrogens (tertiary/aromatic N) is 1. The number of hydrogen-bond donors (Lipinski definition) is 3. The molecule has 0 aliphatic heterocycles. The van der Waals surface area contributed by atoms with Crippen LogP contribution in [0, 0.1) is 0 Å². The Morgan fingerprint density at radius 3 is 2.55 bits per heavy atom. The van der Waals surface area contributed by atoms with Crippen LogP contribution in [0.2, 0.25) is 0 Å². The number of aliphatic imine (C=N–C) groups is 1. The maximum Gasteiger partial charge on any atom is 0.407 e. The van der Waals surface area contributed by atoms with Crippen LogP contribution in [-0.4, -0.2) is 36.8 Å². The molecular formula is C14H28N4O2. The molecule has 0 aromatic rings. The Hall–Kier alpha value is -1.46. The zero-order valence-corrected chi connectivity index (χ0v) is 12.9. The van der Waals surface area contributed by atoms with Crippen LogP contribution in [0.25, 0.3) is 0 Å². The van der Waals surface area contributed by atoms with Gasteiger partial charge in [0.25, 0.3) is 0 Å². The molecule has 0 aromatic carbocycles. The van der Waals surface area contributed by atoms with E-state index in [1.807, 2.05) is 20.8 Å². The molecule has 1 saturated carbocycles. The van der Waals surface area contributed by atoms with Crippen molar-refractivity contribution in [2.24, 2.45) is 10.7 Å². The van der Waals surface area contributed by atoms with Gasteiger partial charge in [0.15, 0.2) is 5.96 Å². The van der Waals surface area contributed by atoms with Crippen LogP contribution < -0.4 is 16.4 Å². The molecule has 0 atom stereocenters. The molecule has 1 rings (SSSR count). The minimum atomic E-state index is -0.477. The zero-order chi connectivity index (χ0) is 15.0. The molecule has 0 heterocycles. The van der Waals surface area contributed by atoms with Crippen molar-refractivity contribution in [2.45, 2.75) is 64.5 Å². The molecule has 6 heteroatoms. The van der Waals surface area contributed by atoms with Gasteiger partial charge in [-0.1, -0.05) is 19.3 Å². The second-order valence-corrected chi connectivity index (χ2v) is 6.17. The van der Waals surface area contributed by atoms with E-state index in [9.17, 15) is 4.79 Å². The molecule has 1 fully saturated rings. The van der Waals surface area contributed by atoms with Gasteiger partial charge in [-0.2, -0.15) is 0 Å². The highest BCUT2D eigenvalue weighted by Gasteiger charge is 2.15.